The van der Waals surface area contributed by atoms with Gasteiger partial charge in [0.2, 0.25) is 0 Å². The van der Waals surface area contributed by atoms with Gasteiger partial charge >= 0.3 is 71.1 Å². The second-order valence-electron chi connectivity index (χ2n) is 9.62. The molecule has 2 amide bonds. The maximum Gasteiger partial charge on any atom is -1.00 e. The van der Waals surface area contributed by atoms with Crippen molar-refractivity contribution < 1.29 is 55.1 Å². The molecule has 0 heterocycles. The minimum Gasteiger partial charge on any atom is -1.00 e. The molecule has 4 nitrogen and oxygen atoms in total. The normalized spacial score (nSPS) is 17.7. The molecular weight excluding hydrogens is 527 g/mol. The van der Waals surface area contributed by atoms with Gasteiger partial charge in [-0.1, -0.05) is 62.4 Å². The van der Waals surface area contributed by atoms with Crippen LogP contribution in [0.4, 0.5) is 0 Å². The summed E-state index contributed by atoms with van der Waals surface area (Å²) in [6.45, 7) is 4.63. The van der Waals surface area contributed by atoms with Gasteiger partial charge in [0.1, 0.15) is 0 Å². The van der Waals surface area contributed by atoms with E-state index in [0.29, 0.717) is 16.9 Å². The number of nitrogens with one attached hydrogen (secondary N) is 2. The first kappa shape index (κ1) is 31.9. The van der Waals surface area contributed by atoms with Crippen LogP contribution in [0.5, 0.6) is 0 Å². The largest absolute Gasteiger partial charge is 1.00 e. The van der Waals surface area contributed by atoms with Crippen molar-refractivity contribution >= 4 is 11.8 Å². The molecular formula is C29H33Cl2N2O2Ti. The fourth-order valence-corrected chi connectivity index (χ4v) is 4.70. The van der Waals surface area contributed by atoms with Gasteiger partial charge in [-0.05, 0) is 54.7 Å². The smallest absolute Gasteiger partial charge is 1.00 e. The molecule has 1 saturated carbocycles. The summed E-state index contributed by atoms with van der Waals surface area (Å²) >= 11 is 1.62. The van der Waals surface area contributed by atoms with E-state index in [9.17, 15) is 9.59 Å². The van der Waals surface area contributed by atoms with E-state index in [4.69, 9.17) is 0 Å². The third-order valence-electron chi connectivity index (χ3n) is 6.38. The van der Waals surface area contributed by atoms with Gasteiger partial charge in [-0.25, -0.2) is 0 Å². The van der Waals surface area contributed by atoms with Crippen molar-refractivity contribution in [3.63, 3.8) is 0 Å². The molecule has 2 N–H and O–H groups in total. The number of amides is 2. The predicted octanol–water partition coefficient (Wildman–Crippen LogP) is -0.260. The number of carbonyl (C=O) groups excluding carboxylic acids is 2. The van der Waals surface area contributed by atoms with Gasteiger partial charge in [0, 0.05) is 11.6 Å². The van der Waals surface area contributed by atoms with E-state index in [-0.39, 0.29) is 42.7 Å². The average molecular weight is 560 g/mol. The first-order valence-electron chi connectivity index (χ1n) is 11.8. The Morgan fingerprint density at radius 3 is 1.78 bits per heavy atom. The Balaban J connectivity index is 0.000000459. The summed E-state index contributed by atoms with van der Waals surface area (Å²) in [5, 5.41) is 3.32. The molecule has 2 unspecified atom stereocenters. The van der Waals surface area contributed by atoms with Crippen LogP contribution in [0.3, 0.4) is 0 Å². The van der Waals surface area contributed by atoms with Crippen LogP contribution < -0.4 is 33.9 Å². The van der Waals surface area contributed by atoms with E-state index in [1.165, 1.54) is 18.4 Å². The molecule has 0 spiro atoms. The molecule has 36 heavy (non-hydrogen) atoms. The Hall–Kier alpha value is -2.11. The van der Waals surface area contributed by atoms with Gasteiger partial charge in [0.25, 0.3) is 5.91 Å². The van der Waals surface area contributed by atoms with Crippen LogP contribution in [0.1, 0.15) is 59.4 Å². The van der Waals surface area contributed by atoms with Crippen molar-refractivity contribution in [3.05, 3.63) is 108 Å². The van der Waals surface area contributed by atoms with Crippen molar-refractivity contribution in [3.8, 4) is 0 Å². The third kappa shape index (κ3) is 10.1. The molecule has 4 rings (SSSR count). The maximum atomic E-state index is 12.6. The van der Waals surface area contributed by atoms with Crippen LogP contribution in [-0.4, -0.2) is 17.9 Å². The van der Waals surface area contributed by atoms with Crippen LogP contribution in [0.15, 0.2) is 91.0 Å². The Kier molecular flexibility index (Phi) is 14.1. The SMILES string of the molecule is CC1(C)CCC(Cc2ccccc2)C(NC(=O)c2ccccc2)C1.O=C([NH][Ti+2])c1ccccc1.[Cl-].[Cl-]. The summed E-state index contributed by atoms with van der Waals surface area (Å²) in [5.41, 5.74) is 3.10. The Morgan fingerprint density at radius 1 is 0.806 bits per heavy atom. The standard InChI is InChI=1S/C22H27NO.C7H7NO.2ClH.Ti/c1-22(2)14-13-19(15-17-9-5-3-6-10-17)20(16-22)23-21(24)18-11-7-4-8-12-18;8-7(9)6-4-2-1-3-5-6;;;/h3-12,19-20H,13-16H2,1-2H3,(H,23,24);1-5H,(H2,8,9);2*1H;/q;;;;+3/p-3. The van der Waals surface area contributed by atoms with Crippen molar-refractivity contribution in [1.29, 1.82) is 0 Å². The summed E-state index contributed by atoms with van der Waals surface area (Å²) < 4.78 is 2.54. The van der Waals surface area contributed by atoms with Crippen LogP contribution in [0, 0.1) is 11.3 Å². The van der Waals surface area contributed by atoms with Gasteiger partial charge in [0.05, 0.1) is 0 Å². The molecule has 1 fully saturated rings. The van der Waals surface area contributed by atoms with Gasteiger partial charge in [-0.2, -0.15) is 0 Å². The third-order valence-corrected chi connectivity index (χ3v) is 6.73. The monoisotopic (exact) mass is 559 g/mol. The second kappa shape index (κ2) is 15.9. The molecule has 3 aromatic carbocycles. The van der Waals surface area contributed by atoms with Crippen LogP contribution in [-0.2, 0) is 27.1 Å². The van der Waals surface area contributed by atoms with Crippen molar-refractivity contribution in [2.75, 3.05) is 0 Å². The summed E-state index contributed by atoms with van der Waals surface area (Å²) in [6, 6.07) is 29.5. The van der Waals surface area contributed by atoms with E-state index in [0.717, 1.165) is 18.4 Å². The van der Waals surface area contributed by atoms with Gasteiger partial charge in [-0.15, -0.1) is 0 Å². The van der Waals surface area contributed by atoms with Gasteiger partial charge in [0.15, 0.2) is 0 Å². The minimum absolute atomic E-state index is 0. The van der Waals surface area contributed by atoms with Crippen molar-refractivity contribution in [2.45, 2.75) is 45.6 Å². The fraction of sp³-hybridized carbons (Fsp3) is 0.310. The fourth-order valence-electron chi connectivity index (χ4n) is 4.47. The molecule has 2 atom stereocenters. The van der Waals surface area contributed by atoms with Crippen molar-refractivity contribution in [2.24, 2.45) is 11.3 Å². The van der Waals surface area contributed by atoms with Crippen LogP contribution in [0.25, 0.3) is 0 Å². The molecule has 0 aromatic heterocycles. The Labute approximate surface area is 239 Å². The van der Waals surface area contributed by atoms with E-state index in [1.54, 1.807) is 32.8 Å². The second-order valence-corrected chi connectivity index (χ2v) is 10.0. The number of benzene rings is 3. The molecule has 189 valence electrons. The molecule has 0 saturated heterocycles. The zero-order valence-electron chi connectivity index (χ0n) is 20.7. The topological polar surface area (TPSA) is 58.2 Å². The summed E-state index contributed by atoms with van der Waals surface area (Å²) in [4.78, 5) is 23.5. The number of hydrogen-bond donors (Lipinski definition) is 2. The number of hydrogen-bond acceptors (Lipinski definition) is 2. The summed E-state index contributed by atoms with van der Waals surface area (Å²) in [7, 11) is 0. The first-order chi connectivity index (χ1) is 16.4. The number of rotatable bonds is 5. The Morgan fingerprint density at radius 2 is 1.28 bits per heavy atom. The van der Waals surface area contributed by atoms with Crippen LogP contribution >= 0.6 is 0 Å². The molecule has 1 aliphatic rings. The van der Waals surface area contributed by atoms with Gasteiger partial charge in [-0.3, -0.25) is 4.79 Å². The minimum atomic E-state index is -0.0411. The zero-order chi connectivity index (χ0) is 24.4. The maximum absolute atomic E-state index is 12.6. The Bertz CT molecular complexity index is 1050. The molecule has 1 aliphatic carbocycles. The first-order valence-corrected chi connectivity index (χ1v) is 12.6. The molecule has 0 bridgehead atoms. The predicted molar refractivity (Wildman–Crippen MR) is 133 cm³/mol. The quantitative estimate of drug-likeness (QED) is 0.423. The van der Waals surface area contributed by atoms with Gasteiger partial charge < -0.3 is 30.1 Å². The van der Waals surface area contributed by atoms with E-state index in [1.807, 2.05) is 48.5 Å². The number of carbonyl (C=O) groups is 2. The molecule has 0 radical (unpaired) electrons. The number of halogens is 2. The molecule has 0 aliphatic heterocycles. The van der Waals surface area contributed by atoms with E-state index >= 15 is 0 Å². The summed E-state index contributed by atoms with van der Waals surface area (Å²) in [5.74, 6) is 0.519. The zero-order valence-corrected chi connectivity index (χ0v) is 23.8. The van der Waals surface area contributed by atoms with E-state index in [2.05, 4.69) is 53.3 Å². The molecule has 7 heteroatoms. The van der Waals surface area contributed by atoms with Crippen LogP contribution in [0.2, 0.25) is 0 Å². The summed E-state index contributed by atoms with van der Waals surface area (Å²) in [6.07, 6.45) is 4.48. The average Bonchev–Trinajstić information content (AvgIpc) is 2.87. The molecule has 3 aromatic rings. The van der Waals surface area contributed by atoms with E-state index < -0.39 is 0 Å². The van der Waals surface area contributed by atoms with Crippen molar-refractivity contribution in [1.82, 2.24) is 9.12 Å².